The first-order chi connectivity index (χ1) is 16.3. The van der Waals surface area contributed by atoms with Gasteiger partial charge >= 0.3 is 5.97 Å². The number of benzene rings is 2. The lowest BCUT2D eigenvalue weighted by Gasteiger charge is -2.51. The molecule has 2 aliphatic heterocycles. The van der Waals surface area contributed by atoms with Gasteiger partial charge in [-0.3, -0.25) is 4.79 Å². The number of aryl methyl sites for hydroxylation is 1. The molecule has 1 aromatic heterocycles. The number of hydrogen-bond donors (Lipinski definition) is 2. The number of fused-ring (bicyclic) bond motifs is 5. The summed E-state index contributed by atoms with van der Waals surface area (Å²) in [6.07, 6.45) is 4.25. The van der Waals surface area contributed by atoms with Crippen molar-refractivity contribution < 1.29 is 19.4 Å². The predicted octanol–water partition coefficient (Wildman–Crippen LogP) is 4.77. The average Bonchev–Trinajstić information content (AvgIpc) is 3.20. The van der Waals surface area contributed by atoms with Gasteiger partial charge in [-0.25, -0.2) is 4.79 Å². The average molecular weight is 457 g/mol. The number of methoxy groups -OCH3 is 1. The summed E-state index contributed by atoms with van der Waals surface area (Å²) in [6, 6.07) is 12.8. The maximum Gasteiger partial charge on any atom is 0.336 e. The van der Waals surface area contributed by atoms with Crippen LogP contribution in [0.4, 0.5) is 0 Å². The maximum atomic E-state index is 13.4. The molecule has 0 radical (unpaired) electrons. The van der Waals surface area contributed by atoms with Crippen molar-refractivity contribution in [1.82, 2.24) is 9.88 Å². The van der Waals surface area contributed by atoms with E-state index in [1.807, 2.05) is 6.20 Å². The van der Waals surface area contributed by atoms with E-state index in [9.17, 15) is 14.7 Å². The molecule has 6 nitrogen and oxygen atoms in total. The topological polar surface area (TPSA) is 82.6 Å². The Morgan fingerprint density at radius 1 is 1.18 bits per heavy atom. The third-order valence-electron chi connectivity index (χ3n) is 7.16. The van der Waals surface area contributed by atoms with E-state index in [1.165, 1.54) is 29.7 Å². The van der Waals surface area contributed by atoms with E-state index in [0.29, 0.717) is 17.7 Å². The lowest BCUT2D eigenvalue weighted by atomic mass is 9.69. The second-order valence-electron chi connectivity index (χ2n) is 9.37. The van der Waals surface area contributed by atoms with Crippen LogP contribution >= 0.6 is 0 Å². The van der Waals surface area contributed by atoms with Crippen molar-refractivity contribution in [2.24, 2.45) is 5.92 Å². The fraction of sp³-hybridized carbons (Fsp3) is 0.286. The van der Waals surface area contributed by atoms with Crippen molar-refractivity contribution >= 4 is 22.7 Å². The zero-order valence-electron chi connectivity index (χ0n) is 19.8. The number of ether oxygens (including phenoxy) is 1. The molecule has 0 bridgehead atoms. The summed E-state index contributed by atoms with van der Waals surface area (Å²) < 4.78 is 5.24. The Hall–Kier alpha value is -3.80. The predicted molar refractivity (Wildman–Crippen MR) is 131 cm³/mol. The monoisotopic (exact) mass is 456 g/mol. The molecule has 3 aromatic rings. The molecule has 0 spiro atoms. The molecule has 0 saturated heterocycles. The highest BCUT2D eigenvalue weighted by molar-refractivity contribution is 6.13. The number of phenolic OH excluding ortho intramolecular Hbond substituents is 1. The Morgan fingerprint density at radius 3 is 2.65 bits per heavy atom. The highest BCUT2D eigenvalue weighted by atomic mass is 16.5. The smallest absolute Gasteiger partial charge is 0.336 e. The number of nitrogens with one attached hydrogen (secondary N) is 1. The first-order valence-electron chi connectivity index (χ1n) is 11.5. The number of nitrogens with zero attached hydrogens (tertiary/aromatic N) is 1. The van der Waals surface area contributed by atoms with Crippen LogP contribution in [0, 0.1) is 12.8 Å². The number of para-hydroxylation sites is 1. The molecule has 6 heteroatoms. The summed E-state index contributed by atoms with van der Waals surface area (Å²) >= 11 is 0. The summed E-state index contributed by atoms with van der Waals surface area (Å²) in [6.45, 7) is 6.88. The molecule has 174 valence electrons. The minimum absolute atomic E-state index is 0.0101. The molecule has 0 saturated carbocycles. The van der Waals surface area contributed by atoms with E-state index >= 15 is 0 Å². The molecule has 5 rings (SSSR count). The van der Waals surface area contributed by atoms with Crippen LogP contribution in [-0.2, 0) is 21.5 Å². The van der Waals surface area contributed by atoms with E-state index in [4.69, 9.17) is 4.74 Å². The van der Waals surface area contributed by atoms with Gasteiger partial charge in [-0.2, -0.15) is 0 Å². The van der Waals surface area contributed by atoms with Crippen LogP contribution in [0.3, 0.4) is 0 Å². The number of Topliss-reactive ketones (excluding diaryl/α,β-unsaturated/α-hetero) is 1. The van der Waals surface area contributed by atoms with Crippen molar-refractivity contribution in [3.8, 4) is 5.75 Å². The standard InChI is InChI=1S/C28H28N2O4/c1-16(2)28-22(27(33)34-4)14-18(25(32)20-7-5-6-8-24(20)31)15-30(28)12-11-19-21-13-17(3)9-10-23(21)29-26(19)28/h5-10,13-16,29,31H,11-12H2,1-4H3. The van der Waals surface area contributed by atoms with E-state index in [0.717, 1.165) is 17.6 Å². The molecule has 2 aliphatic rings. The number of aromatic amines is 1. The minimum Gasteiger partial charge on any atom is -0.507 e. The van der Waals surface area contributed by atoms with E-state index in [-0.39, 0.29) is 23.0 Å². The Bertz CT molecular complexity index is 1390. The highest BCUT2D eigenvalue weighted by Crippen LogP contribution is 2.51. The molecule has 34 heavy (non-hydrogen) atoms. The van der Waals surface area contributed by atoms with Crippen molar-refractivity contribution in [3.63, 3.8) is 0 Å². The van der Waals surface area contributed by atoms with E-state index in [1.54, 1.807) is 24.3 Å². The first-order valence-corrected chi connectivity index (χ1v) is 11.5. The molecule has 0 amide bonds. The Kier molecular flexibility index (Phi) is 5.12. The minimum atomic E-state index is -0.809. The first kappa shape index (κ1) is 22.0. The lowest BCUT2D eigenvalue weighted by molar-refractivity contribution is -0.138. The van der Waals surface area contributed by atoms with Crippen molar-refractivity contribution in [1.29, 1.82) is 0 Å². The van der Waals surface area contributed by atoms with Crippen LogP contribution in [-0.4, -0.2) is 40.4 Å². The number of carbonyl (C=O) groups is 2. The Balaban J connectivity index is 1.75. The number of carbonyl (C=O) groups excluding carboxylic acids is 2. The number of aromatic nitrogens is 1. The van der Waals surface area contributed by atoms with E-state index in [2.05, 4.69) is 48.9 Å². The highest BCUT2D eigenvalue weighted by Gasteiger charge is 2.53. The number of ketones is 1. The fourth-order valence-electron chi connectivity index (χ4n) is 5.63. The third kappa shape index (κ3) is 3.01. The molecular weight excluding hydrogens is 428 g/mol. The van der Waals surface area contributed by atoms with Gasteiger partial charge < -0.3 is 19.7 Å². The summed E-state index contributed by atoms with van der Waals surface area (Å²) in [5.41, 5.74) is 4.52. The zero-order chi connectivity index (χ0) is 24.2. The Labute approximate surface area is 198 Å². The molecule has 2 N–H and O–H groups in total. The fourth-order valence-corrected chi connectivity index (χ4v) is 5.63. The summed E-state index contributed by atoms with van der Waals surface area (Å²) in [5.74, 6) is -0.912. The Morgan fingerprint density at radius 2 is 1.94 bits per heavy atom. The van der Waals surface area contributed by atoms with Gasteiger partial charge in [-0.05, 0) is 55.2 Å². The third-order valence-corrected chi connectivity index (χ3v) is 7.16. The maximum absolute atomic E-state index is 13.4. The van der Waals surface area contributed by atoms with E-state index < -0.39 is 11.5 Å². The SMILES string of the molecule is COC(=O)C1=CC(C(=O)c2ccccc2O)=CN2CCc3c([nH]c4ccc(C)cc34)C12C(C)C. The largest absolute Gasteiger partial charge is 0.507 e. The van der Waals surface area contributed by atoms with Crippen LogP contribution in [0.1, 0.15) is 41.0 Å². The van der Waals surface area contributed by atoms with Crippen LogP contribution in [0.15, 0.2) is 65.9 Å². The van der Waals surface area contributed by atoms with Gasteiger partial charge in [0.25, 0.3) is 0 Å². The number of aromatic hydroxyl groups is 1. The summed E-state index contributed by atoms with van der Waals surface area (Å²) in [4.78, 5) is 32.4. The van der Waals surface area contributed by atoms with Crippen molar-refractivity contribution in [2.45, 2.75) is 32.7 Å². The van der Waals surface area contributed by atoms with Crippen molar-refractivity contribution in [2.75, 3.05) is 13.7 Å². The van der Waals surface area contributed by atoms with Gasteiger partial charge in [0.05, 0.1) is 23.9 Å². The normalized spacial score (nSPS) is 19.4. The second-order valence-corrected chi connectivity index (χ2v) is 9.37. The van der Waals surface area contributed by atoms with Crippen LogP contribution < -0.4 is 0 Å². The molecule has 0 fully saturated rings. The number of esters is 1. The number of H-pyrrole nitrogens is 1. The van der Waals surface area contributed by atoms with Gasteiger partial charge in [-0.1, -0.05) is 37.6 Å². The molecule has 2 aromatic carbocycles. The van der Waals surface area contributed by atoms with Gasteiger partial charge in [-0.15, -0.1) is 0 Å². The lowest BCUT2D eigenvalue weighted by Crippen LogP contribution is -2.56. The molecule has 0 aliphatic carbocycles. The number of phenols is 1. The van der Waals surface area contributed by atoms with Gasteiger partial charge in [0.15, 0.2) is 5.78 Å². The van der Waals surface area contributed by atoms with Gasteiger partial charge in [0, 0.05) is 29.2 Å². The molecule has 3 heterocycles. The quantitative estimate of drug-likeness (QED) is 0.437. The second kappa shape index (κ2) is 7.90. The molecule has 1 atom stereocenters. The van der Waals surface area contributed by atoms with Gasteiger partial charge in [0.2, 0.25) is 0 Å². The van der Waals surface area contributed by atoms with Crippen molar-refractivity contribution in [3.05, 3.63) is 88.3 Å². The molecule has 1 unspecified atom stereocenters. The number of rotatable bonds is 4. The number of hydrogen-bond acceptors (Lipinski definition) is 5. The molecular formula is C28H28N2O4. The summed E-state index contributed by atoms with van der Waals surface area (Å²) in [5, 5.41) is 11.4. The van der Waals surface area contributed by atoms with Crippen LogP contribution in [0.5, 0.6) is 5.75 Å². The summed E-state index contributed by atoms with van der Waals surface area (Å²) in [7, 11) is 1.36. The van der Waals surface area contributed by atoms with Crippen LogP contribution in [0.25, 0.3) is 10.9 Å². The van der Waals surface area contributed by atoms with Gasteiger partial charge in [0.1, 0.15) is 11.3 Å². The zero-order valence-corrected chi connectivity index (χ0v) is 19.8. The van der Waals surface area contributed by atoms with Crippen LogP contribution in [0.2, 0.25) is 0 Å². The number of allylic oxidation sites excluding steroid dienone is 2.